The van der Waals surface area contributed by atoms with Crippen molar-refractivity contribution in [3.63, 3.8) is 0 Å². The second kappa shape index (κ2) is 6.80. The van der Waals surface area contributed by atoms with Gasteiger partial charge in [-0.15, -0.1) is 0 Å². The molecule has 21 heavy (non-hydrogen) atoms. The molecule has 0 radical (unpaired) electrons. The fourth-order valence-electron chi connectivity index (χ4n) is 4.19. The van der Waals surface area contributed by atoms with E-state index in [2.05, 4.69) is 35.5 Å². The summed E-state index contributed by atoms with van der Waals surface area (Å²) in [5, 5.41) is 3.49. The topological polar surface area (TPSA) is 24.5 Å². The second-order valence-electron chi connectivity index (χ2n) is 6.51. The van der Waals surface area contributed by atoms with Crippen molar-refractivity contribution in [1.82, 2.24) is 10.2 Å². The van der Waals surface area contributed by atoms with Crippen molar-refractivity contribution in [2.45, 2.75) is 44.2 Å². The molecule has 1 N–H and O–H groups in total. The quantitative estimate of drug-likeness (QED) is 0.900. The molecular weight excluding hydrogens is 260 g/mol. The predicted octanol–water partition coefficient (Wildman–Crippen LogP) is 3.22. The Hall–Kier alpha value is -1.06. The average molecular weight is 288 g/mol. The Bertz CT molecular complexity index is 462. The molecule has 0 spiro atoms. The van der Waals surface area contributed by atoms with Gasteiger partial charge in [0.05, 0.1) is 7.11 Å². The normalized spacial score (nSPS) is 27.3. The smallest absolute Gasteiger partial charge is 0.119 e. The Morgan fingerprint density at radius 3 is 2.95 bits per heavy atom. The maximum absolute atomic E-state index is 5.36. The first-order valence-electron chi connectivity index (χ1n) is 8.37. The summed E-state index contributed by atoms with van der Waals surface area (Å²) in [6.07, 6.45) is 7.12. The van der Waals surface area contributed by atoms with E-state index in [4.69, 9.17) is 4.74 Å². The minimum absolute atomic E-state index is 0.390. The van der Waals surface area contributed by atoms with E-state index in [0.29, 0.717) is 6.04 Å². The van der Waals surface area contributed by atoms with E-state index in [1.54, 1.807) is 7.11 Å². The van der Waals surface area contributed by atoms with Gasteiger partial charge in [-0.25, -0.2) is 0 Å². The highest BCUT2D eigenvalue weighted by Crippen LogP contribution is 2.37. The molecule has 1 aliphatic carbocycles. The van der Waals surface area contributed by atoms with Crippen LogP contribution in [-0.2, 0) is 0 Å². The van der Waals surface area contributed by atoms with Crippen LogP contribution in [0.4, 0.5) is 0 Å². The Morgan fingerprint density at radius 1 is 1.29 bits per heavy atom. The fraction of sp³-hybridized carbons (Fsp3) is 0.667. The first-order chi connectivity index (χ1) is 10.3. The summed E-state index contributed by atoms with van der Waals surface area (Å²) in [4.78, 5) is 2.73. The molecule has 0 bridgehead atoms. The van der Waals surface area contributed by atoms with Crippen LogP contribution >= 0.6 is 0 Å². The molecule has 1 aromatic carbocycles. The van der Waals surface area contributed by atoms with E-state index in [-0.39, 0.29) is 0 Å². The van der Waals surface area contributed by atoms with Crippen molar-refractivity contribution >= 4 is 0 Å². The minimum Gasteiger partial charge on any atom is -0.497 e. The van der Waals surface area contributed by atoms with Crippen molar-refractivity contribution in [1.29, 1.82) is 0 Å². The maximum atomic E-state index is 5.36. The second-order valence-corrected chi connectivity index (χ2v) is 6.51. The van der Waals surface area contributed by atoms with E-state index >= 15 is 0 Å². The van der Waals surface area contributed by atoms with Crippen molar-refractivity contribution in [3.8, 4) is 5.75 Å². The van der Waals surface area contributed by atoms with Gasteiger partial charge in [-0.2, -0.15) is 0 Å². The summed E-state index contributed by atoms with van der Waals surface area (Å²) in [7, 11) is 3.80. The number of hydrogen-bond donors (Lipinski definition) is 1. The molecule has 116 valence electrons. The number of likely N-dealkylation sites (N-methyl/N-ethyl adjacent to an activating group) is 1. The molecule has 1 aliphatic heterocycles. The van der Waals surface area contributed by atoms with Crippen LogP contribution in [0, 0.1) is 5.92 Å². The molecule has 3 unspecified atom stereocenters. The summed E-state index contributed by atoms with van der Waals surface area (Å²) in [5.41, 5.74) is 1.33. The summed E-state index contributed by atoms with van der Waals surface area (Å²) < 4.78 is 5.36. The summed E-state index contributed by atoms with van der Waals surface area (Å²) >= 11 is 0. The van der Waals surface area contributed by atoms with Crippen LogP contribution in [-0.4, -0.2) is 38.2 Å². The van der Waals surface area contributed by atoms with Crippen LogP contribution in [0.25, 0.3) is 0 Å². The number of fused-ring (bicyclic) bond motifs is 1. The Balaban J connectivity index is 1.69. The molecule has 2 fully saturated rings. The van der Waals surface area contributed by atoms with Crippen LogP contribution in [0.2, 0.25) is 0 Å². The zero-order chi connectivity index (χ0) is 14.7. The molecule has 0 amide bonds. The average Bonchev–Trinajstić information content (AvgIpc) is 2.95. The third-order valence-electron chi connectivity index (χ3n) is 5.39. The predicted molar refractivity (Wildman–Crippen MR) is 86.7 cm³/mol. The largest absolute Gasteiger partial charge is 0.497 e. The highest BCUT2D eigenvalue weighted by molar-refractivity contribution is 5.30. The lowest BCUT2D eigenvalue weighted by Crippen LogP contribution is -2.40. The van der Waals surface area contributed by atoms with Crippen molar-refractivity contribution in [2.24, 2.45) is 5.92 Å². The van der Waals surface area contributed by atoms with E-state index in [9.17, 15) is 0 Å². The monoisotopic (exact) mass is 288 g/mol. The molecule has 3 heteroatoms. The van der Waals surface area contributed by atoms with Crippen molar-refractivity contribution < 1.29 is 4.74 Å². The van der Waals surface area contributed by atoms with Crippen LogP contribution < -0.4 is 10.1 Å². The standard InChI is InChI=1S/C18H28N2O/c1-19-17(15-7-5-8-16(12-15)21-2)13-20-11-10-14-6-3-4-9-18(14)20/h5,7-8,12,14,17-19H,3-4,6,9-11,13H2,1-2H3. The molecule has 3 atom stereocenters. The van der Waals surface area contributed by atoms with E-state index < -0.39 is 0 Å². The lowest BCUT2D eigenvalue weighted by Gasteiger charge is -2.34. The van der Waals surface area contributed by atoms with Crippen molar-refractivity contribution in [2.75, 3.05) is 27.2 Å². The lowest BCUT2D eigenvalue weighted by molar-refractivity contribution is 0.169. The van der Waals surface area contributed by atoms with Gasteiger partial charge in [0.2, 0.25) is 0 Å². The zero-order valence-corrected chi connectivity index (χ0v) is 13.3. The van der Waals surface area contributed by atoms with Crippen LogP contribution in [0.5, 0.6) is 5.75 Å². The molecular formula is C18H28N2O. The summed E-state index contributed by atoms with van der Waals surface area (Å²) in [6, 6.07) is 9.70. The highest BCUT2D eigenvalue weighted by atomic mass is 16.5. The van der Waals surface area contributed by atoms with Gasteiger partial charge in [0.15, 0.2) is 0 Å². The number of nitrogens with zero attached hydrogens (tertiary/aromatic N) is 1. The van der Waals surface area contributed by atoms with Gasteiger partial charge in [0.1, 0.15) is 5.75 Å². The van der Waals surface area contributed by atoms with Crippen molar-refractivity contribution in [3.05, 3.63) is 29.8 Å². The molecule has 3 rings (SSSR count). The number of hydrogen-bond acceptors (Lipinski definition) is 3. The number of benzene rings is 1. The summed E-state index contributed by atoms with van der Waals surface area (Å²) in [6.45, 7) is 2.39. The van der Waals surface area contributed by atoms with E-state index in [1.165, 1.54) is 44.2 Å². The van der Waals surface area contributed by atoms with Gasteiger partial charge in [-0.1, -0.05) is 25.0 Å². The van der Waals surface area contributed by atoms with E-state index in [0.717, 1.165) is 24.3 Å². The van der Waals surface area contributed by atoms with Crippen LogP contribution in [0.1, 0.15) is 43.7 Å². The Labute approximate surface area is 128 Å². The first kappa shape index (κ1) is 14.9. The molecule has 3 nitrogen and oxygen atoms in total. The zero-order valence-electron chi connectivity index (χ0n) is 13.3. The lowest BCUT2D eigenvalue weighted by atomic mass is 9.85. The summed E-state index contributed by atoms with van der Waals surface area (Å²) in [5.74, 6) is 1.91. The maximum Gasteiger partial charge on any atom is 0.119 e. The minimum atomic E-state index is 0.390. The Kier molecular flexibility index (Phi) is 4.81. The third kappa shape index (κ3) is 3.24. The number of ether oxygens (including phenoxy) is 1. The molecule has 1 heterocycles. The van der Waals surface area contributed by atoms with Crippen LogP contribution in [0.15, 0.2) is 24.3 Å². The number of likely N-dealkylation sites (tertiary alicyclic amines) is 1. The first-order valence-corrected chi connectivity index (χ1v) is 8.37. The molecule has 1 saturated heterocycles. The van der Waals surface area contributed by atoms with Gasteiger partial charge >= 0.3 is 0 Å². The van der Waals surface area contributed by atoms with E-state index in [1.807, 2.05) is 6.07 Å². The molecule has 1 saturated carbocycles. The number of methoxy groups -OCH3 is 1. The number of nitrogens with one attached hydrogen (secondary N) is 1. The molecule has 2 aliphatic rings. The Morgan fingerprint density at radius 2 is 2.14 bits per heavy atom. The molecule has 0 aromatic heterocycles. The van der Waals surface area contributed by atoms with Crippen LogP contribution in [0.3, 0.4) is 0 Å². The van der Waals surface area contributed by atoms with Gasteiger partial charge in [-0.05, 0) is 56.5 Å². The fourth-order valence-corrected chi connectivity index (χ4v) is 4.19. The van der Waals surface area contributed by atoms with Gasteiger partial charge in [0, 0.05) is 18.6 Å². The third-order valence-corrected chi connectivity index (χ3v) is 5.39. The van der Waals surface area contributed by atoms with Gasteiger partial charge in [-0.3, -0.25) is 4.90 Å². The van der Waals surface area contributed by atoms with Gasteiger partial charge in [0.25, 0.3) is 0 Å². The SMILES string of the molecule is CNC(CN1CCC2CCCCC21)c1cccc(OC)c1. The highest BCUT2D eigenvalue weighted by Gasteiger charge is 2.36. The number of rotatable bonds is 5. The van der Waals surface area contributed by atoms with Gasteiger partial charge < -0.3 is 10.1 Å². The molecule has 1 aromatic rings.